The molecule has 2 aliphatic heterocycles. The van der Waals surface area contributed by atoms with Gasteiger partial charge in [-0.3, -0.25) is 4.79 Å². The van der Waals surface area contributed by atoms with Crippen molar-refractivity contribution < 1.29 is 19.1 Å². The Hall–Kier alpha value is -0.900. The van der Waals surface area contributed by atoms with Crippen LogP contribution >= 0.6 is 0 Å². The number of esters is 1. The standard InChI is InChI=1S/C14H22O4/c1-2-3-4-5-8-17-14(16)13-10(9-15)11-6-7-12(13)18-11/h9-13H,2-8H2,1H3. The number of hydrogen-bond donors (Lipinski definition) is 0. The Morgan fingerprint density at radius 3 is 2.78 bits per heavy atom. The van der Waals surface area contributed by atoms with Gasteiger partial charge in [-0.15, -0.1) is 0 Å². The van der Waals surface area contributed by atoms with Gasteiger partial charge in [0.1, 0.15) is 6.29 Å². The van der Waals surface area contributed by atoms with Crippen LogP contribution in [0.15, 0.2) is 0 Å². The molecule has 0 aromatic heterocycles. The van der Waals surface area contributed by atoms with E-state index in [0.29, 0.717) is 6.61 Å². The third-order valence-corrected chi connectivity index (χ3v) is 4.00. The molecule has 4 nitrogen and oxygen atoms in total. The van der Waals surface area contributed by atoms with Gasteiger partial charge in [-0.1, -0.05) is 26.2 Å². The lowest BCUT2D eigenvalue weighted by Gasteiger charge is -2.22. The van der Waals surface area contributed by atoms with Crippen molar-refractivity contribution in [2.45, 2.75) is 57.7 Å². The lowest BCUT2D eigenvalue weighted by atomic mass is 9.80. The molecule has 0 spiro atoms. The fourth-order valence-electron chi connectivity index (χ4n) is 2.99. The highest BCUT2D eigenvalue weighted by molar-refractivity contribution is 5.78. The van der Waals surface area contributed by atoms with E-state index in [4.69, 9.17) is 9.47 Å². The van der Waals surface area contributed by atoms with Gasteiger partial charge in [0.15, 0.2) is 0 Å². The first-order valence-electron chi connectivity index (χ1n) is 7.05. The summed E-state index contributed by atoms with van der Waals surface area (Å²) in [6.45, 7) is 2.62. The summed E-state index contributed by atoms with van der Waals surface area (Å²) >= 11 is 0. The number of hydrogen-bond acceptors (Lipinski definition) is 4. The largest absolute Gasteiger partial charge is 0.465 e. The molecule has 0 amide bonds. The van der Waals surface area contributed by atoms with Gasteiger partial charge < -0.3 is 14.3 Å². The van der Waals surface area contributed by atoms with Crippen LogP contribution in [-0.4, -0.2) is 31.1 Å². The van der Waals surface area contributed by atoms with Gasteiger partial charge in [-0.05, 0) is 19.3 Å². The Kier molecular flexibility index (Phi) is 4.75. The highest BCUT2D eigenvalue weighted by Crippen LogP contribution is 2.42. The number of carbonyl (C=O) groups is 2. The first-order chi connectivity index (χ1) is 8.77. The zero-order valence-corrected chi connectivity index (χ0v) is 11.0. The van der Waals surface area contributed by atoms with E-state index in [1.165, 1.54) is 12.8 Å². The summed E-state index contributed by atoms with van der Waals surface area (Å²) in [7, 11) is 0. The molecule has 4 heteroatoms. The maximum atomic E-state index is 12.0. The van der Waals surface area contributed by atoms with E-state index < -0.39 is 0 Å². The maximum absolute atomic E-state index is 12.0. The minimum Gasteiger partial charge on any atom is -0.465 e. The molecular formula is C14H22O4. The summed E-state index contributed by atoms with van der Waals surface area (Å²) in [6.07, 6.45) is 6.85. The van der Waals surface area contributed by atoms with Crippen LogP contribution in [-0.2, 0) is 19.1 Å². The Bertz CT molecular complexity index is 302. The molecule has 2 saturated heterocycles. The van der Waals surface area contributed by atoms with Crippen molar-refractivity contribution in [1.29, 1.82) is 0 Å². The van der Waals surface area contributed by atoms with Crippen LogP contribution in [0, 0.1) is 11.8 Å². The van der Waals surface area contributed by atoms with E-state index in [2.05, 4.69) is 6.92 Å². The fraction of sp³-hybridized carbons (Fsp3) is 0.857. The van der Waals surface area contributed by atoms with Crippen LogP contribution in [0.4, 0.5) is 0 Å². The molecule has 0 aromatic rings. The van der Waals surface area contributed by atoms with Gasteiger partial charge in [0, 0.05) is 0 Å². The van der Waals surface area contributed by atoms with E-state index in [0.717, 1.165) is 32.0 Å². The minimum absolute atomic E-state index is 0.0508. The van der Waals surface area contributed by atoms with Gasteiger partial charge in [0.2, 0.25) is 0 Å². The Morgan fingerprint density at radius 1 is 1.28 bits per heavy atom. The second-order valence-corrected chi connectivity index (χ2v) is 5.26. The zero-order valence-electron chi connectivity index (χ0n) is 11.0. The van der Waals surface area contributed by atoms with Gasteiger partial charge in [0.05, 0.1) is 30.7 Å². The average molecular weight is 254 g/mol. The monoisotopic (exact) mass is 254 g/mol. The number of carbonyl (C=O) groups excluding carboxylic acids is 2. The van der Waals surface area contributed by atoms with Crippen LogP contribution in [0.3, 0.4) is 0 Å². The number of unbranched alkanes of at least 4 members (excludes halogenated alkanes) is 3. The second-order valence-electron chi connectivity index (χ2n) is 5.26. The molecular weight excluding hydrogens is 232 g/mol. The van der Waals surface area contributed by atoms with Crippen molar-refractivity contribution in [3.05, 3.63) is 0 Å². The lowest BCUT2D eigenvalue weighted by molar-refractivity contribution is -0.152. The Labute approximate surface area is 108 Å². The molecule has 0 radical (unpaired) electrons. The van der Waals surface area contributed by atoms with E-state index in [1.807, 2.05) is 0 Å². The molecule has 2 fully saturated rings. The van der Waals surface area contributed by atoms with Gasteiger partial charge in [-0.2, -0.15) is 0 Å². The summed E-state index contributed by atoms with van der Waals surface area (Å²) in [5.41, 5.74) is 0. The minimum atomic E-state index is -0.354. The quantitative estimate of drug-likeness (QED) is 0.396. The smallest absolute Gasteiger partial charge is 0.312 e. The zero-order chi connectivity index (χ0) is 13.0. The van der Waals surface area contributed by atoms with Crippen LogP contribution in [0.1, 0.15) is 45.4 Å². The van der Waals surface area contributed by atoms with Gasteiger partial charge in [-0.25, -0.2) is 0 Å². The summed E-state index contributed by atoms with van der Waals surface area (Å²) in [5, 5.41) is 0. The van der Waals surface area contributed by atoms with Gasteiger partial charge >= 0.3 is 5.97 Å². The molecule has 0 N–H and O–H groups in total. The normalized spacial score (nSPS) is 33.6. The average Bonchev–Trinajstić information content (AvgIpc) is 2.98. The van der Waals surface area contributed by atoms with Crippen molar-refractivity contribution in [2.75, 3.05) is 6.61 Å². The molecule has 4 atom stereocenters. The van der Waals surface area contributed by atoms with Crippen molar-refractivity contribution >= 4 is 12.3 Å². The number of ether oxygens (including phenoxy) is 2. The summed E-state index contributed by atoms with van der Waals surface area (Å²) < 4.78 is 10.9. The van der Waals surface area contributed by atoms with Crippen LogP contribution in [0.25, 0.3) is 0 Å². The Balaban J connectivity index is 1.76. The van der Waals surface area contributed by atoms with Gasteiger partial charge in [0.25, 0.3) is 0 Å². The van der Waals surface area contributed by atoms with E-state index in [1.54, 1.807) is 0 Å². The summed E-state index contributed by atoms with van der Waals surface area (Å²) in [6, 6.07) is 0. The van der Waals surface area contributed by atoms with Crippen molar-refractivity contribution in [1.82, 2.24) is 0 Å². The van der Waals surface area contributed by atoms with Crippen LogP contribution in [0.2, 0.25) is 0 Å². The number of rotatable bonds is 7. The van der Waals surface area contributed by atoms with Crippen molar-refractivity contribution in [2.24, 2.45) is 11.8 Å². The molecule has 2 heterocycles. The van der Waals surface area contributed by atoms with E-state index in [9.17, 15) is 9.59 Å². The molecule has 0 aliphatic carbocycles. The first kappa shape index (κ1) is 13.5. The predicted octanol–water partition coefficient (Wildman–Crippen LogP) is 2.10. The van der Waals surface area contributed by atoms with Crippen LogP contribution < -0.4 is 0 Å². The molecule has 0 saturated carbocycles. The molecule has 2 rings (SSSR count). The third kappa shape index (κ3) is 2.74. The molecule has 18 heavy (non-hydrogen) atoms. The fourth-order valence-corrected chi connectivity index (χ4v) is 2.99. The molecule has 102 valence electrons. The second kappa shape index (κ2) is 6.32. The third-order valence-electron chi connectivity index (χ3n) is 4.00. The SMILES string of the molecule is CCCCCCOC(=O)C1C2CCC(O2)C1C=O. The first-order valence-corrected chi connectivity index (χ1v) is 7.05. The summed E-state index contributed by atoms with van der Waals surface area (Å²) in [5.74, 6) is -0.880. The predicted molar refractivity (Wildman–Crippen MR) is 66.0 cm³/mol. The lowest BCUT2D eigenvalue weighted by Crippen LogP contribution is -2.35. The molecule has 2 bridgehead atoms. The molecule has 0 aromatic carbocycles. The topological polar surface area (TPSA) is 52.6 Å². The maximum Gasteiger partial charge on any atom is 0.312 e. The highest BCUT2D eigenvalue weighted by atomic mass is 16.5. The summed E-state index contributed by atoms with van der Waals surface area (Å²) in [4.78, 5) is 23.0. The number of aldehydes is 1. The van der Waals surface area contributed by atoms with Crippen LogP contribution in [0.5, 0.6) is 0 Å². The molecule has 4 unspecified atom stereocenters. The Morgan fingerprint density at radius 2 is 2.06 bits per heavy atom. The molecule has 2 aliphatic rings. The highest BCUT2D eigenvalue weighted by Gasteiger charge is 2.52. The van der Waals surface area contributed by atoms with E-state index in [-0.39, 0.29) is 30.0 Å². The number of fused-ring (bicyclic) bond motifs is 2. The van der Waals surface area contributed by atoms with Crippen molar-refractivity contribution in [3.8, 4) is 0 Å². The van der Waals surface area contributed by atoms with E-state index >= 15 is 0 Å². The van der Waals surface area contributed by atoms with Crippen molar-refractivity contribution in [3.63, 3.8) is 0 Å².